The number of nitrogens with zero attached hydrogens (tertiary/aromatic N) is 1. The molecule has 3 nitrogen and oxygen atoms in total. The van der Waals surface area contributed by atoms with Gasteiger partial charge in [-0.3, -0.25) is 4.90 Å². The summed E-state index contributed by atoms with van der Waals surface area (Å²) < 4.78 is 0. The smallest absolute Gasteiger partial charge is 0.0457 e. The van der Waals surface area contributed by atoms with Crippen LogP contribution in [0.1, 0.15) is 43.7 Å². The fraction of sp³-hybridized carbons (Fsp3) is 0.529. The lowest BCUT2D eigenvalue weighted by Crippen LogP contribution is -2.31. The molecule has 3 rings (SSSR count). The van der Waals surface area contributed by atoms with Gasteiger partial charge in [0.1, 0.15) is 0 Å². The van der Waals surface area contributed by atoms with E-state index in [1.807, 2.05) is 0 Å². The van der Waals surface area contributed by atoms with Gasteiger partial charge in [0.2, 0.25) is 0 Å². The van der Waals surface area contributed by atoms with Gasteiger partial charge in [-0.1, -0.05) is 31.0 Å². The van der Waals surface area contributed by atoms with Gasteiger partial charge in [-0.15, -0.1) is 0 Å². The second kappa shape index (κ2) is 6.42. The Hall–Kier alpha value is -1.32. The Morgan fingerprint density at radius 1 is 1.10 bits per heavy atom. The first-order chi connectivity index (χ1) is 9.90. The van der Waals surface area contributed by atoms with Gasteiger partial charge < -0.3 is 10.7 Å². The molecule has 1 unspecified atom stereocenters. The maximum atomic E-state index is 5.89. The topological polar surface area (TPSA) is 45.1 Å². The number of H-pyrrole nitrogens is 1. The molecule has 108 valence electrons. The third-order valence-corrected chi connectivity index (χ3v) is 4.50. The molecule has 3 heteroatoms. The maximum absolute atomic E-state index is 5.89. The van der Waals surface area contributed by atoms with E-state index in [1.54, 1.807) is 0 Å². The standard InChI is InChI=1S/C17H25N3/c18-10-9-17(20-11-5-1-2-6-12-20)15-13-19-16-8-4-3-7-14(15)16/h3-4,7-8,13,17,19H,1-2,5-6,9-12,18H2. The normalized spacial score (nSPS) is 19.1. The highest BCUT2D eigenvalue weighted by molar-refractivity contribution is 5.83. The second-order valence-electron chi connectivity index (χ2n) is 5.83. The average Bonchev–Trinajstić information content (AvgIpc) is 2.71. The van der Waals surface area contributed by atoms with E-state index in [1.165, 1.54) is 55.2 Å². The molecule has 0 bridgehead atoms. The number of rotatable bonds is 4. The van der Waals surface area contributed by atoms with Crippen molar-refractivity contribution in [3.8, 4) is 0 Å². The molecule has 0 spiro atoms. The van der Waals surface area contributed by atoms with E-state index in [0.717, 1.165) is 13.0 Å². The van der Waals surface area contributed by atoms with E-state index in [-0.39, 0.29) is 0 Å². The van der Waals surface area contributed by atoms with E-state index >= 15 is 0 Å². The Labute approximate surface area is 121 Å². The summed E-state index contributed by atoms with van der Waals surface area (Å²) in [7, 11) is 0. The number of hydrogen-bond donors (Lipinski definition) is 2. The van der Waals surface area contributed by atoms with E-state index in [9.17, 15) is 0 Å². The summed E-state index contributed by atoms with van der Waals surface area (Å²) in [6.07, 6.45) is 8.63. The molecule has 0 radical (unpaired) electrons. The van der Waals surface area contributed by atoms with Gasteiger partial charge in [-0.25, -0.2) is 0 Å². The summed E-state index contributed by atoms with van der Waals surface area (Å²) in [5.74, 6) is 0. The van der Waals surface area contributed by atoms with Crippen LogP contribution in [0.3, 0.4) is 0 Å². The molecule has 0 saturated carbocycles. The largest absolute Gasteiger partial charge is 0.361 e. The number of fused-ring (bicyclic) bond motifs is 1. The molecule has 1 atom stereocenters. The lowest BCUT2D eigenvalue weighted by Gasteiger charge is -2.30. The highest BCUT2D eigenvalue weighted by Gasteiger charge is 2.23. The van der Waals surface area contributed by atoms with Crippen molar-refractivity contribution in [3.63, 3.8) is 0 Å². The van der Waals surface area contributed by atoms with Crippen LogP contribution in [0.15, 0.2) is 30.5 Å². The molecule has 0 aliphatic carbocycles. The number of nitrogens with two attached hydrogens (primary N) is 1. The van der Waals surface area contributed by atoms with E-state index in [0.29, 0.717) is 6.04 Å². The third kappa shape index (κ3) is 2.74. The van der Waals surface area contributed by atoms with Gasteiger partial charge in [0, 0.05) is 23.1 Å². The Morgan fingerprint density at radius 2 is 1.85 bits per heavy atom. The highest BCUT2D eigenvalue weighted by atomic mass is 15.2. The Morgan fingerprint density at radius 3 is 2.60 bits per heavy atom. The van der Waals surface area contributed by atoms with Crippen LogP contribution >= 0.6 is 0 Å². The van der Waals surface area contributed by atoms with E-state index in [2.05, 4.69) is 40.3 Å². The van der Waals surface area contributed by atoms with E-state index in [4.69, 9.17) is 5.73 Å². The maximum Gasteiger partial charge on any atom is 0.0457 e. The highest BCUT2D eigenvalue weighted by Crippen LogP contribution is 2.31. The van der Waals surface area contributed by atoms with Crippen molar-refractivity contribution in [1.82, 2.24) is 9.88 Å². The number of hydrogen-bond acceptors (Lipinski definition) is 2. The second-order valence-corrected chi connectivity index (χ2v) is 5.83. The fourth-order valence-electron chi connectivity index (χ4n) is 3.47. The van der Waals surface area contributed by atoms with Crippen molar-refractivity contribution in [3.05, 3.63) is 36.0 Å². The van der Waals surface area contributed by atoms with Crippen LogP contribution in [0.2, 0.25) is 0 Å². The molecule has 2 heterocycles. The lowest BCUT2D eigenvalue weighted by atomic mass is 10.0. The van der Waals surface area contributed by atoms with Gasteiger partial charge in [-0.05, 0) is 50.5 Å². The molecular formula is C17H25N3. The molecule has 1 saturated heterocycles. The Bertz CT molecular complexity index is 538. The van der Waals surface area contributed by atoms with Crippen LogP contribution in [-0.2, 0) is 0 Å². The van der Waals surface area contributed by atoms with E-state index < -0.39 is 0 Å². The van der Waals surface area contributed by atoms with Crippen molar-refractivity contribution in [2.75, 3.05) is 19.6 Å². The minimum absolute atomic E-state index is 0.467. The molecule has 3 N–H and O–H groups in total. The molecule has 1 aromatic heterocycles. The van der Waals surface area contributed by atoms with Crippen LogP contribution in [0.4, 0.5) is 0 Å². The zero-order valence-corrected chi connectivity index (χ0v) is 12.1. The molecule has 1 aromatic carbocycles. The summed E-state index contributed by atoms with van der Waals surface area (Å²) in [6, 6.07) is 9.06. The quantitative estimate of drug-likeness (QED) is 0.894. The van der Waals surface area contributed by atoms with Crippen molar-refractivity contribution in [1.29, 1.82) is 0 Å². The van der Waals surface area contributed by atoms with Crippen molar-refractivity contribution < 1.29 is 0 Å². The zero-order chi connectivity index (χ0) is 13.8. The summed E-state index contributed by atoms with van der Waals surface area (Å²) >= 11 is 0. The molecule has 0 amide bonds. The van der Waals surface area contributed by atoms with Gasteiger partial charge in [0.25, 0.3) is 0 Å². The summed E-state index contributed by atoms with van der Waals surface area (Å²) in [4.78, 5) is 6.06. The third-order valence-electron chi connectivity index (χ3n) is 4.50. The minimum atomic E-state index is 0.467. The van der Waals surface area contributed by atoms with Gasteiger partial charge in [0.15, 0.2) is 0 Å². The van der Waals surface area contributed by atoms with Gasteiger partial charge in [-0.2, -0.15) is 0 Å². The Kier molecular flexibility index (Phi) is 4.38. The molecular weight excluding hydrogens is 246 g/mol. The Balaban J connectivity index is 1.92. The number of aromatic nitrogens is 1. The minimum Gasteiger partial charge on any atom is -0.361 e. The van der Waals surface area contributed by atoms with Crippen LogP contribution < -0.4 is 5.73 Å². The number of likely N-dealkylation sites (tertiary alicyclic amines) is 1. The molecule has 1 aliphatic heterocycles. The predicted molar refractivity (Wildman–Crippen MR) is 84.8 cm³/mol. The molecule has 1 fully saturated rings. The summed E-state index contributed by atoms with van der Waals surface area (Å²) in [6.45, 7) is 3.18. The zero-order valence-electron chi connectivity index (χ0n) is 12.1. The monoisotopic (exact) mass is 271 g/mol. The average molecular weight is 271 g/mol. The lowest BCUT2D eigenvalue weighted by molar-refractivity contribution is 0.198. The van der Waals surface area contributed by atoms with Gasteiger partial charge in [0.05, 0.1) is 0 Å². The summed E-state index contributed by atoms with van der Waals surface area (Å²) in [5, 5.41) is 1.36. The number of nitrogens with one attached hydrogen (secondary N) is 1. The first-order valence-electron chi connectivity index (χ1n) is 7.90. The molecule has 1 aliphatic rings. The first-order valence-corrected chi connectivity index (χ1v) is 7.90. The summed E-state index contributed by atoms with van der Waals surface area (Å²) in [5.41, 5.74) is 8.55. The number of benzene rings is 1. The number of aromatic amines is 1. The van der Waals surface area contributed by atoms with Crippen LogP contribution in [0, 0.1) is 0 Å². The first kappa shape index (κ1) is 13.7. The van der Waals surface area contributed by atoms with Crippen LogP contribution in [-0.4, -0.2) is 29.5 Å². The van der Waals surface area contributed by atoms with Crippen molar-refractivity contribution >= 4 is 10.9 Å². The number of para-hydroxylation sites is 1. The van der Waals surface area contributed by atoms with Crippen LogP contribution in [0.25, 0.3) is 10.9 Å². The predicted octanol–water partition coefficient (Wildman–Crippen LogP) is 3.43. The van der Waals surface area contributed by atoms with Crippen LogP contribution in [0.5, 0.6) is 0 Å². The molecule has 2 aromatic rings. The van der Waals surface area contributed by atoms with Crippen molar-refractivity contribution in [2.24, 2.45) is 5.73 Å². The van der Waals surface area contributed by atoms with Gasteiger partial charge >= 0.3 is 0 Å². The van der Waals surface area contributed by atoms with Crippen molar-refractivity contribution in [2.45, 2.75) is 38.1 Å². The fourth-order valence-corrected chi connectivity index (χ4v) is 3.47. The SMILES string of the molecule is NCCC(c1c[nH]c2ccccc12)N1CCCCCC1. The molecule has 20 heavy (non-hydrogen) atoms.